The van der Waals surface area contributed by atoms with Crippen LogP contribution < -0.4 is 10.6 Å². The summed E-state index contributed by atoms with van der Waals surface area (Å²) < 4.78 is 0. The molecule has 0 aliphatic rings. The minimum atomic E-state index is 0.478. The number of hydrogen-bond donors (Lipinski definition) is 2. The molecule has 3 rings (SSSR count). The van der Waals surface area contributed by atoms with Gasteiger partial charge in [-0.3, -0.25) is 4.98 Å². The average Bonchev–Trinajstić information content (AvgIpc) is 2.58. The standard InChI is InChI=1S/C18H20N6/c1-12-7-13(2)17(14(3)8-12)22-16-11-21-24-18(23-16)20-10-15-5-4-6-19-9-15/h4-9,11H,10H2,1-3H3,(H2,20,22,23,24). The fourth-order valence-corrected chi connectivity index (χ4v) is 2.63. The molecule has 0 aliphatic carbocycles. The lowest BCUT2D eigenvalue weighted by Gasteiger charge is -2.13. The van der Waals surface area contributed by atoms with Gasteiger partial charge in [-0.25, -0.2) is 0 Å². The van der Waals surface area contributed by atoms with Gasteiger partial charge in [-0.05, 0) is 43.5 Å². The fourth-order valence-electron chi connectivity index (χ4n) is 2.63. The van der Waals surface area contributed by atoms with E-state index in [0.29, 0.717) is 18.3 Å². The van der Waals surface area contributed by atoms with Crippen LogP contribution in [0.4, 0.5) is 17.5 Å². The van der Waals surface area contributed by atoms with Crippen molar-refractivity contribution in [3.63, 3.8) is 0 Å². The van der Waals surface area contributed by atoms with Gasteiger partial charge in [-0.15, -0.1) is 5.10 Å². The van der Waals surface area contributed by atoms with E-state index in [9.17, 15) is 0 Å². The summed E-state index contributed by atoms with van der Waals surface area (Å²) in [6.07, 6.45) is 5.17. The van der Waals surface area contributed by atoms with Crippen molar-refractivity contribution in [2.24, 2.45) is 0 Å². The molecule has 1 aromatic carbocycles. The summed E-state index contributed by atoms with van der Waals surface area (Å²) >= 11 is 0. The summed E-state index contributed by atoms with van der Waals surface area (Å²) in [6, 6.07) is 8.18. The van der Waals surface area contributed by atoms with Gasteiger partial charge in [0.05, 0.1) is 6.20 Å². The van der Waals surface area contributed by atoms with E-state index < -0.39 is 0 Å². The second kappa shape index (κ2) is 7.04. The molecule has 2 heterocycles. The highest BCUT2D eigenvalue weighted by molar-refractivity contribution is 5.65. The Morgan fingerprint density at radius 3 is 2.54 bits per heavy atom. The first-order valence-corrected chi connectivity index (χ1v) is 7.79. The zero-order valence-corrected chi connectivity index (χ0v) is 14.0. The molecule has 122 valence electrons. The summed E-state index contributed by atoms with van der Waals surface area (Å²) in [5, 5.41) is 14.5. The van der Waals surface area contributed by atoms with Crippen molar-refractivity contribution in [3.8, 4) is 0 Å². The molecule has 0 amide bonds. The molecule has 0 aliphatic heterocycles. The molecule has 0 bridgehead atoms. The topological polar surface area (TPSA) is 75.6 Å². The minimum Gasteiger partial charge on any atom is -0.349 e. The summed E-state index contributed by atoms with van der Waals surface area (Å²) in [7, 11) is 0. The van der Waals surface area contributed by atoms with Crippen LogP contribution in [0.3, 0.4) is 0 Å². The molecule has 2 aromatic heterocycles. The highest BCUT2D eigenvalue weighted by Crippen LogP contribution is 2.25. The van der Waals surface area contributed by atoms with E-state index in [1.165, 1.54) is 16.7 Å². The molecule has 0 radical (unpaired) electrons. The van der Waals surface area contributed by atoms with E-state index in [0.717, 1.165) is 11.3 Å². The molecule has 0 fully saturated rings. The van der Waals surface area contributed by atoms with Crippen LogP contribution in [0, 0.1) is 20.8 Å². The molecule has 0 atom stereocenters. The van der Waals surface area contributed by atoms with Crippen molar-refractivity contribution in [2.75, 3.05) is 10.6 Å². The summed E-state index contributed by atoms with van der Waals surface area (Å²) in [5.41, 5.74) is 5.71. The number of pyridine rings is 1. The van der Waals surface area contributed by atoms with Gasteiger partial charge in [-0.2, -0.15) is 10.1 Å². The highest BCUT2D eigenvalue weighted by Gasteiger charge is 2.07. The monoisotopic (exact) mass is 320 g/mol. The van der Waals surface area contributed by atoms with Gasteiger partial charge < -0.3 is 10.6 Å². The number of rotatable bonds is 5. The largest absolute Gasteiger partial charge is 0.349 e. The van der Waals surface area contributed by atoms with Gasteiger partial charge in [0.15, 0.2) is 5.82 Å². The Morgan fingerprint density at radius 1 is 1.04 bits per heavy atom. The van der Waals surface area contributed by atoms with Gasteiger partial charge in [0.25, 0.3) is 0 Å². The van der Waals surface area contributed by atoms with E-state index in [1.807, 2.05) is 18.3 Å². The van der Waals surface area contributed by atoms with E-state index in [2.05, 4.69) is 63.7 Å². The highest BCUT2D eigenvalue weighted by atomic mass is 15.3. The van der Waals surface area contributed by atoms with Gasteiger partial charge in [0, 0.05) is 24.6 Å². The Balaban J connectivity index is 1.74. The first kappa shape index (κ1) is 15.9. The zero-order valence-electron chi connectivity index (χ0n) is 14.0. The molecular weight excluding hydrogens is 300 g/mol. The quantitative estimate of drug-likeness (QED) is 0.749. The predicted molar refractivity (Wildman–Crippen MR) is 95.3 cm³/mol. The Bertz CT molecular complexity index is 809. The molecule has 0 saturated heterocycles. The first-order chi connectivity index (χ1) is 11.6. The molecule has 3 aromatic rings. The minimum absolute atomic E-state index is 0.478. The van der Waals surface area contributed by atoms with Gasteiger partial charge in [-0.1, -0.05) is 23.8 Å². The van der Waals surface area contributed by atoms with Crippen LogP contribution in [0.1, 0.15) is 22.3 Å². The third-order valence-corrected chi connectivity index (χ3v) is 3.66. The van der Waals surface area contributed by atoms with E-state index in [1.54, 1.807) is 12.4 Å². The van der Waals surface area contributed by atoms with Gasteiger partial charge in [0.1, 0.15) is 0 Å². The maximum Gasteiger partial charge on any atom is 0.244 e. The van der Waals surface area contributed by atoms with Crippen LogP contribution in [0.15, 0.2) is 42.9 Å². The van der Waals surface area contributed by atoms with Crippen LogP contribution >= 0.6 is 0 Å². The fraction of sp³-hybridized carbons (Fsp3) is 0.222. The Labute approximate surface area is 141 Å². The number of nitrogens with zero attached hydrogens (tertiary/aromatic N) is 4. The Hall–Kier alpha value is -3.02. The number of aromatic nitrogens is 4. The lowest BCUT2D eigenvalue weighted by molar-refractivity contribution is 0.946. The molecule has 6 heteroatoms. The molecule has 0 unspecified atom stereocenters. The molecule has 24 heavy (non-hydrogen) atoms. The lowest BCUT2D eigenvalue weighted by Crippen LogP contribution is -2.07. The second-order valence-electron chi connectivity index (χ2n) is 5.78. The molecule has 0 saturated carbocycles. The summed E-state index contributed by atoms with van der Waals surface area (Å²) in [4.78, 5) is 8.56. The summed E-state index contributed by atoms with van der Waals surface area (Å²) in [6.45, 7) is 6.86. The van der Waals surface area contributed by atoms with Crippen LogP contribution in [0.2, 0.25) is 0 Å². The van der Waals surface area contributed by atoms with Gasteiger partial charge in [0.2, 0.25) is 5.95 Å². The second-order valence-corrected chi connectivity index (χ2v) is 5.78. The number of hydrogen-bond acceptors (Lipinski definition) is 6. The predicted octanol–water partition coefficient (Wildman–Crippen LogP) is 3.55. The van der Waals surface area contributed by atoms with Gasteiger partial charge >= 0.3 is 0 Å². The lowest BCUT2D eigenvalue weighted by atomic mass is 10.1. The third-order valence-electron chi connectivity index (χ3n) is 3.66. The van der Waals surface area contributed by atoms with E-state index >= 15 is 0 Å². The number of anilines is 3. The average molecular weight is 320 g/mol. The number of nitrogens with one attached hydrogen (secondary N) is 2. The van der Waals surface area contributed by atoms with Crippen molar-refractivity contribution >= 4 is 17.5 Å². The normalized spacial score (nSPS) is 10.5. The van der Waals surface area contributed by atoms with Crippen molar-refractivity contribution in [3.05, 3.63) is 65.1 Å². The molecule has 2 N–H and O–H groups in total. The first-order valence-electron chi connectivity index (χ1n) is 7.79. The van der Waals surface area contributed by atoms with Crippen molar-refractivity contribution in [1.29, 1.82) is 0 Å². The number of aryl methyl sites for hydroxylation is 3. The molecule has 0 spiro atoms. The van der Waals surface area contributed by atoms with Crippen LogP contribution in [-0.2, 0) is 6.54 Å². The van der Waals surface area contributed by atoms with Crippen LogP contribution in [0.25, 0.3) is 0 Å². The van der Waals surface area contributed by atoms with Crippen LogP contribution in [-0.4, -0.2) is 20.2 Å². The SMILES string of the molecule is Cc1cc(C)c(Nc2cnnc(NCc3cccnc3)n2)c(C)c1. The van der Waals surface area contributed by atoms with Crippen molar-refractivity contribution in [2.45, 2.75) is 27.3 Å². The molecular formula is C18H20N6. The Morgan fingerprint density at radius 2 is 1.83 bits per heavy atom. The maximum atomic E-state index is 4.47. The summed E-state index contributed by atoms with van der Waals surface area (Å²) in [5.74, 6) is 1.14. The Kier molecular flexibility index (Phi) is 4.65. The smallest absolute Gasteiger partial charge is 0.244 e. The maximum absolute atomic E-state index is 4.47. The molecule has 6 nitrogen and oxygen atoms in total. The zero-order chi connectivity index (χ0) is 16.9. The van der Waals surface area contributed by atoms with Crippen molar-refractivity contribution in [1.82, 2.24) is 20.2 Å². The van der Waals surface area contributed by atoms with Crippen LogP contribution in [0.5, 0.6) is 0 Å². The van der Waals surface area contributed by atoms with Crippen molar-refractivity contribution < 1.29 is 0 Å². The van der Waals surface area contributed by atoms with E-state index in [4.69, 9.17) is 0 Å². The third kappa shape index (κ3) is 3.84. The number of benzene rings is 1. The van der Waals surface area contributed by atoms with E-state index in [-0.39, 0.29) is 0 Å².